The Kier molecular flexibility index (Phi) is 3.79. The van der Waals surface area contributed by atoms with Gasteiger partial charge in [-0.25, -0.2) is 13.4 Å². The second-order valence-corrected chi connectivity index (χ2v) is 9.84. The molecule has 3 heterocycles. The zero-order chi connectivity index (χ0) is 17.8. The minimum absolute atomic E-state index is 0.127. The Morgan fingerprint density at radius 2 is 1.76 bits per heavy atom. The molecule has 7 nitrogen and oxygen atoms in total. The summed E-state index contributed by atoms with van der Waals surface area (Å²) in [7, 11) is -3.40. The third-order valence-corrected chi connectivity index (χ3v) is 7.03. The minimum atomic E-state index is -3.40. The van der Waals surface area contributed by atoms with E-state index in [1.807, 2.05) is 4.90 Å². The van der Waals surface area contributed by atoms with Crippen molar-refractivity contribution in [3.05, 3.63) is 18.1 Å². The second-order valence-electron chi connectivity index (χ2n) is 7.93. The van der Waals surface area contributed by atoms with Gasteiger partial charge < -0.3 is 4.90 Å². The number of rotatable bonds is 2. The van der Waals surface area contributed by atoms with Crippen LogP contribution >= 0.6 is 0 Å². The van der Waals surface area contributed by atoms with E-state index in [1.54, 1.807) is 6.20 Å². The lowest BCUT2D eigenvalue weighted by molar-refractivity contribution is -0.144. The molecular formula is C17H24N4O3S. The van der Waals surface area contributed by atoms with Gasteiger partial charge in [0.15, 0.2) is 5.82 Å². The molecule has 1 aromatic rings. The van der Waals surface area contributed by atoms with Crippen LogP contribution in [0.1, 0.15) is 38.3 Å². The average molecular weight is 364 g/mol. The summed E-state index contributed by atoms with van der Waals surface area (Å²) in [5, 5.41) is 0. The molecule has 0 N–H and O–H groups in total. The van der Waals surface area contributed by atoms with Crippen LogP contribution in [-0.4, -0.2) is 55.1 Å². The second kappa shape index (κ2) is 5.65. The Bertz CT molecular complexity index is 796. The van der Waals surface area contributed by atoms with Gasteiger partial charge in [-0.15, -0.1) is 0 Å². The fourth-order valence-electron chi connectivity index (χ4n) is 4.44. The van der Waals surface area contributed by atoms with Gasteiger partial charge in [0.1, 0.15) is 0 Å². The molecule has 25 heavy (non-hydrogen) atoms. The molecule has 0 bridgehead atoms. The molecule has 0 aromatic carbocycles. The maximum absolute atomic E-state index is 12.8. The molecule has 1 spiro atoms. The van der Waals surface area contributed by atoms with Crippen molar-refractivity contribution in [2.24, 2.45) is 11.8 Å². The molecule has 0 radical (unpaired) electrons. The number of hydrogen-bond donors (Lipinski definition) is 0. The number of carbonyl (C=O) groups is 1. The molecule has 0 unspecified atom stereocenters. The van der Waals surface area contributed by atoms with Crippen molar-refractivity contribution in [1.29, 1.82) is 0 Å². The van der Waals surface area contributed by atoms with Crippen LogP contribution in [0, 0.1) is 11.8 Å². The van der Waals surface area contributed by atoms with Gasteiger partial charge in [0.25, 0.3) is 0 Å². The molecule has 2 aliphatic heterocycles. The lowest BCUT2D eigenvalue weighted by atomic mass is 9.76. The van der Waals surface area contributed by atoms with E-state index in [4.69, 9.17) is 0 Å². The van der Waals surface area contributed by atoms with Crippen LogP contribution in [0.4, 0.5) is 5.82 Å². The maximum Gasteiger partial charge on any atom is 0.233 e. The normalized spacial score (nSPS) is 27.9. The van der Waals surface area contributed by atoms with Gasteiger partial charge in [-0.2, -0.15) is 0 Å². The van der Waals surface area contributed by atoms with Crippen LogP contribution in [0.5, 0.6) is 0 Å². The summed E-state index contributed by atoms with van der Waals surface area (Å²) in [5.41, 5.74) is 0.311. The van der Waals surface area contributed by atoms with E-state index in [2.05, 4.69) is 16.9 Å². The van der Waals surface area contributed by atoms with Crippen LogP contribution in [0.25, 0.3) is 0 Å². The number of nitrogens with zero attached hydrogens (tertiary/aromatic N) is 4. The van der Waals surface area contributed by atoms with Crippen molar-refractivity contribution in [2.45, 2.75) is 38.0 Å². The number of anilines is 1. The molecular weight excluding hydrogens is 340 g/mol. The number of likely N-dealkylation sites (tertiary alicyclic amines) is 1. The van der Waals surface area contributed by atoms with Crippen LogP contribution < -0.4 is 4.31 Å². The molecule has 1 amide bonds. The van der Waals surface area contributed by atoms with Gasteiger partial charge in [-0.1, -0.05) is 6.92 Å². The van der Waals surface area contributed by atoms with E-state index in [0.717, 1.165) is 25.7 Å². The first kappa shape index (κ1) is 16.8. The van der Waals surface area contributed by atoms with Gasteiger partial charge in [0.05, 0.1) is 23.9 Å². The zero-order valence-corrected chi connectivity index (χ0v) is 15.5. The highest BCUT2D eigenvalue weighted by Crippen LogP contribution is 2.46. The minimum Gasteiger partial charge on any atom is -0.340 e. The highest BCUT2D eigenvalue weighted by atomic mass is 32.2. The molecule has 8 heteroatoms. The number of sulfonamides is 1. The van der Waals surface area contributed by atoms with Crippen molar-refractivity contribution in [3.8, 4) is 0 Å². The summed E-state index contributed by atoms with van der Waals surface area (Å²) in [5.74, 6) is 1.48. The molecule has 1 saturated heterocycles. The highest BCUT2D eigenvalue weighted by molar-refractivity contribution is 7.92. The van der Waals surface area contributed by atoms with E-state index >= 15 is 0 Å². The van der Waals surface area contributed by atoms with Gasteiger partial charge in [0.2, 0.25) is 15.9 Å². The van der Waals surface area contributed by atoms with Crippen molar-refractivity contribution in [1.82, 2.24) is 14.9 Å². The first-order valence-corrected chi connectivity index (χ1v) is 10.7. The first-order valence-electron chi connectivity index (χ1n) is 8.88. The monoisotopic (exact) mass is 364 g/mol. The number of carbonyl (C=O) groups excluding carboxylic acids is 1. The largest absolute Gasteiger partial charge is 0.340 e. The molecule has 4 rings (SSSR count). The average Bonchev–Trinajstić information content (AvgIpc) is 2.89. The molecule has 136 valence electrons. The number of amides is 1. The quantitative estimate of drug-likeness (QED) is 0.786. The van der Waals surface area contributed by atoms with Crippen LogP contribution in [0.3, 0.4) is 0 Å². The zero-order valence-electron chi connectivity index (χ0n) is 14.7. The topological polar surface area (TPSA) is 83.5 Å². The molecule has 2 fully saturated rings. The predicted octanol–water partition coefficient (Wildman–Crippen LogP) is 1.16. The summed E-state index contributed by atoms with van der Waals surface area (Å²) in [6.07, 6.45) is 8.47. The molecule has 3 aliphatic rings. The van der Waals surface area contributed by atoms with Gasteiger partial charge in [-0.3, -0.25) is 14.1 Å². The Hall–Kier alpha value is -1.70. The van der Waals surface area contributed by atoms with Gasteiger partial charge in [0, 0.05) is 31.4 Å². The van der Waals surface area contributed by atoms with E-state index in [0.29, 0.717) is 37.1 Å². The lowest BCUT2D eigenvalue weighted by Crippen LogP contribution is -2.64. The van der Waals surface area contributed by atoms with Crippen molar-refractivity contribution < 1.29 is 13.2 Å². The van der Waals surface area contributed by atoms with Crippen LogP contribution in [-0.2, 0) is 20.2 Å². The van der Waals surface area contributed by atoms with E-state index in [1.165, 1.54) is 16.8 Å². The number of hydrogen-bond acceptors (Lipinski definition) is 5. The SMILES string of the molecule is CC1CCC(C(=O)N2CC3(C2)CN(S(C)(=O)=O)c2nccnc23)CC1. The third kappa shape index (κ3) is 2.70. The molecule has 0 atom stereocenters. The van der Waals surface area contributed by atoms with E-state index in [9.17, 15) is 13.2 Å². The van der Waals surface area contributed by atoms with Crippen molar-refractivity contribution >= 4 is 21.7 Å². The standard InChI is InChI=1S/C17H24N4O3S/c1-12-3-5-13(6-4-12)16(22)20-9-17(10-20)11-21(25(2,23)24)15-14(17)18-7-8-19-15/h7-8,12-13H,3-6,9-11H2,1-2H3. The summed E-state index contributed by atoms with van der Waals surface area (Å²) >= 11 is 0. The molecule has 1 aliphatic carbocycles. The number of aromatic nitrogens is 2. The Labute approximate surface area is 148 Å². The predicted molar refractivity (Wildman–Crippen MR) is 93.6 cm³/mol. The van der Waals surface area contributed by atoms with Crippen LogP contribution in [0.2, 0.25) is 0 Å². The smallest absolute Gasteiger partial charge is 0.233 e. The fraction of sp³-hybridized carbons (Fsp3) is 0.706. The summed E-state index contributed by atoms with van der Waals surface area (Å²) in [6.45, 7) is 3.65. The van der Waals surface area contributed by atoms with Gasteiger partial charge >= 0.3 is 0 Å². The lowest BCUT2D eigenvalue weighted by Gasteiger charge is -2.49. The van der Waals surface area contributed by atoms with Crippen LogP contribution in [0.15, 0.2) is 12.4 Å². The molecule has 1 saturated carbocycles. The Morgan fingerprint density at radius 1 is 1.12 bits per heavy atom. The number of fused-ring (bicyclic) bond motifs is 2. The van der Waals surface area contributed by atoms with Gasteiger partial charge in [-0.05, 0) is 31.6 Å². The summed E-state index contributed by atoms with van der Waals surface area (Å²) in [6, 6.07) is 0. The van der Waals surface area contributed by atoms with Crippen molar-refractivity contribution in [2.75, 3.05) is 30.2 Å². The molecule has 1 aromatic heterocycles. The third-order valence-electron chi connectivity index (χ3n) is 5.93. The summed E-state index contributed by atoms with van der Waals surface area (Å²) < 4.78 is 25.5. The first-order chi connectivity index (χ1) is 11.8. The Morgan fingerprint density at radius 3 is 2.40 bits per heavy atom. The van der Waals surface area contributed by atoms with Crippen molar-refractivity contribution in [3.63, 3.8) is 0 Å². The summed E-state index contributed by atoms with van der Waals surface area (Å²) in [4.78, 5) is 23.3. The van der Waals surface area contributed by atoms with E-state index in [-0.39, 0.29) is 11.8 Å². The van der Waals surface area contributed by atoms with E-state index < -0.39 is 15.4 Å². The Balaban J connectivity index is 1.52. The highest BCUT2D eigenvalue weighted by Gasteiger charge is 2.56. The maximum atomic E-state index is 12.8. The fourth-order valence-corrected chi connectivity index (χ4v) is 5.37.